The van der Waals surface area contributed by atoms with Crippen molar-refractivity contribution in [3.05, 3.63) is 59.9 Å². The van der Waals surface area contributed by atoms with E-state index >= 15 is 0 Å². The van der Waals surface area contributed by atoms with E-state index < -0.39 is 0 Å². The maximum Gasteiger partial charge on any atom is 0.286 e. The van der Waals surface area contributed by atoms with Crippen LogP contribution in [0.5, 0.6) is 0 Å². The van der Waals surface area contributed by atoms with Gasteiger partial charge in [0.2, 0.25) is 5.96 Å². The molecule has 2 aromatic heterocycles. The number of hydrazone groups is 1. The Balaban J connectivity index is 1.77. The molecule has 3 aromatic rings. The van der Waals surface area contributed by atoms with Gasteiger partial charge in [-0.2, -0.15) is 5.10 Å². The van der Waals surface area contributed by atoms with Crippen molar-refractivity contribution in [1.29, 1.82) is 0 Å². The van der Waals surface area contributed by atoms with Crippen molar-refractivity contribution in [3.63, 3.8) is 0 Å². The molecule has 26 heavy (non-hydrogen) atoms. The number of nitrogens with zero attached hydrogens (tertiary/aromatic N) is 4. The Hall–Kier alpha value is -3.15. The van der Waals surface area contributed by atoms with Crippen molar-refractivity contribution in [3.8, 4) is 11.3 Å². The first-order valence-corrected chi connectivity index (χ1v) is 8.75. The van der Waals surface area contributed by atoms with Crippen LogP contribution in [-0.4, -0.2) is 23.3 Å². The van der Waals surface area contributed by atoms with Crippen LogP contribution < -0.4 is 15.6 Å². The number of fused-ring (bicyclic) bond motifs is 1. The Morgan fingerprint density at radius 3 is 2.77 bits per heavy atom. The molecule has 0 aliphatic rings. The molecule has 3 rings (SSSR count). The highest BCUT2D eigenvalue weighted by Crippen LogP contribution is 2.20. The Kier molecular flexibility index (Phi) is 5.31. The van der Waals surface area contributed by atoms with Crippen LogP contribution in [0, 0.1) is 6.92 Å². The second-order valence-corrected chi connectivity index (χ2v) is 6.30. The molecule has 0 radical (unpaired) electrons. The van der Waals surface area contributed by atoms with Gasteiger partial charge in [0.25, 0.3) is 5.65 Å². The Morgan fingerprint density at radius 1 is 1.27 bits per heavy atom. The molecule has 0 saturated carbocycles. The van der Waals surface area contributed by atoms with Crippen molar-refractivity contribution in [2.24, 2.45) is 22.9 Å². The monoisotopic (exact) mass is 349 g/mol. The number of rotatable bonds is 5. The van der Waals surface area contributed by atoms with Gasteiger partial charge in [0, 0.05) is 18.2 Å². The number of imidazole rings is 1. The van der Waals surface area contributed by atoms with Crippen LogP contribution in [0.2, 0.25) is 0 Å². The number of benzene rings is 1. The number of nitrogens with two attached hydrogens (primary N) is 1. The van der Waals surface area contributed by atoms with E-state index in [2.05, 4.69) is 82.0 Å². The number of aryl methyl sites for hydroxylation is 2. The fourth-order valence-electron chi connectivity index (χ4n) is 2.77. The summed E-state index contributed by atoms with van der Waals surface area (Å²) in [7, 11) is 2.09. The van der Waals surface area contributed by atoms with Crippen LogP contribution in [0.3, 0.4) is 0 Å². The van der Waals surface area contributed by atoms with Crippen molar-refractivity contribution in [1.82, 2.24) is 9.99 Å². The lowest BCUT2D eigenvalue weighted by atomic mass is 10.1. The second kappa shape index (κ2) is 7.82. The van der Waals surface area contributed by atoms with Gasteiger partial charge in [0.05, 0.1) is 19.5 Å². The molecule has 0 aliphatic carbocycles. The maximum absolute atomic E-state index is 5.71. The van der Waals surface area contributed by atoms with E-state index in [4.69, 9.17) is 5.73 Å². The number of guanidine groups is 1. The predicted octanol–water partition coefficient (Wildman–Crippen LogP) is 2.39. The van der Waals surface area contributed by atoms with Crippen LogP contribution in [0.25, 0.3) is 16.9 Å². The third kappa shape index (κ3) is 3.91. The summed E-state index contributed by atoms with van der Waals surface area (Å²) in [6, 6.07) is 12.6. The predicted molar refractivity (Wildman–Crippen MR) is 106 cm³/mol. The van der Waals surface area contributed by atoms with Gasteiger partial charge in [-0.15, -0.1) is 0 Å². The molecule has 0 fully saturated rings. The molecule has 2 heterocycles. The van der Waals surface area contributed by atoms with Crippen molar-refractivity contribution in [2.45, 2.75) is 20.3 Å². The molecule has 0 atom stereocenters. The van der Waals surface area contributed by atoms with Gasteiger partial charge in [-0.3, -0.25) is 4.99 Å². The largest absolute Gasteiger partial charge is 0.369 e. The zero-order valence-electron chi connectivity index (χ0n) is 15.5. The third-order valence-corrected chi connectivity index (χ3v) is 4.19. The maximum atomic E-state index is 5.71. The van der Waals surface area contributed by atoms with Gasteiger partial charge in [-0.25, -0.2) is 14.4 Å². The van der Waals surface area contributed by atoms with E-state index in [1.165, 1.54) is 5.56 Å². The summed E-state index contributed by atoms with van der Waals surface area (Å²) in [5.41, 5.74) is 14.2. The van der Waals surface area contributed by atoms with Gasteiger partial charge >= 0.3 is 0 Å². The molecule has 0 unspecified atom stereocenters. The summed E-state index contributed by atoms with van der Waals surface area (Å²) in [6.45, 7) is 4.86. The second-order valence-electron chi connectivity index (χ2n) is 6.30. The molecule has 134 valence electrons. The van der Waals surface area contributed by atoms with E-state index in [0.29, 0.717) is 12.5 Å². The van der Waals surface area contributed by atoms with Gasteiger partial charge in [-0.05, 0) is 42.7 Å². The van der Waals surface area contributed by atoms with Crippen LogP contribution in [0.4, 0.5) is 0 Å². The van der Waals surface area contributed by atoms with Crippen molar-refractivity contribution < 1.29 is 4.40 Å². The first-order chi connectivity index (χ1) is 12.6. The molecule has 0 saturated heterocycles. The fraction of sp³-hybridized carbons (Fsp3) is 0.250. The summed E-state index contributed by atoms with van der Waals surface area (Å²) in [6.07, 6.45) is 6.92. The lowest BCUT2D eigenvalue weighted by molar-refractivity contribution is -0.510. The third-order valence-electron chi connectivity index (χ3n) is 4.19. The minimum Gasteiger partial charge on any atom is -0.369 e. The molecule has 0 spiro atoms. The molecule has 0 aliphatic heterocycles. The Bertz CT molecular complexity index is 950. The minimum atomic E-state index is 0.336. The van der Waals surface area contributed by atoms with Crippen LogP contribution >= 0.6 is 0 Å². The molecular formula is C20H25N6+. The highest BCUT2D eigenvalue weighted by molar-refractivity contribution is 5.83. The van der Waals surface area contributed by atoms with E-state index in [-0.39, 0.29) is 0 Å². The quantitative estimate of drug-likeness (QED) is 0.321. The molecule has 0 bridgehead atoms. The summed E-state index contributed by atoms with van der Waals surface area (Å²) >= 11 is 0. The first kappa shape index (κ1) is 17.7. The highest BCUT2D eigenvalue weighted by atomic mass is 15.3. The SMILES string of the molecule is CCCN=C(N)N/N=C/c1ccc(-c2c[n+]3ccc(C)cc3n2C)cc1. The number of pyridine rings is 1. The van der Waals surface area contributed by atoms with E-state index in [0.717, 1.165) is 28.9 Å². The summed E-state index contributed by atoms with van der Waals surface area (Å²) in [5, 5.41) is 4.12. The molecule has 6 heteroatoms. The zero-order chi connectivity index (χ0) is 18.5. The average molecular weight is 349 g/mol. The van der Waals surface area contributed by atoms with Gasteiger partial charge in [-0.1, -0.05) is 19.1 Å². The zero-order valence-corrected chi connectivity index (χ0v) is 15.5. The number of aliphatic imine (C=N–C) groups is 1. The standard InChI is InChI=1S/C20H25N6/c1-4-10-22-20(21)24-23-13-16-5-7-17(8-6-16)18-14-26-11-9-15(2)12-19(26)25(18)3/h5-9,11-14H,4,10H2,1-3H3,(H3,21,22,24)/q+1/b23-13+. The smallest absolute Gasteiger partial charge is 0.286 e. The van der Waals surface area contributed by atoms with E-state index in [1.54, 1.807) is 6.21 Å². The Morgan fingerprint density at radius 2 is 2.04 bits per heavy atom. The van der Waals surface area contributed by atoms with Crippen LogP contribution in [-0.2, 0) is 7.05 Å². The van der Waals surface area contributed by atoms with E-state index in [1.807, 2.05) is 12.1 Å². The number of hydrogen-bond donors (Lipinski definition) is 2. The molecule has 6 nitrogen and oxygen atoms in total. The topological polar surface area (TPSA) is 71.8 Å². The van der Waals surface area contributed by atoms with E-state index in [9.17, 15) is 0 Å². The highest BCUT2D eigenvalue weighted by Gasteiger charge is 2.15. The van der Waals surface area contributed by atoms with Crippen molar-refractivity contribution in [2.75, 3.05) is 6.54 Å². The summed E-state index contributed by atoms with van der Waals surface area (Å²) < 4.78 is 4.34. The molecular weight excluding hydrogens is 324 g/mol. The van der Waals surface area contributed by atoms with Gasteiger partial charge in [0.15, 0.2) is 5.69 Å². The lowest BCUT2D eigenvalue weighted by Crippen LogP contribution is -2.27. The van der Waals surface area contributed by atoms with Gasteiger partial charge < -0.3 is 5.73 Å². The average Bonchev–Trinajstić information content (AvgIpc) is 2.97. The minimum absolute atomic E-state index is 0.336. The first-order valence-electron chi connectivity index (χ1n) is 8.75. The summed E-state index contributed by atoms with van der Waals surface area (Å²) in [4.78, 5) is 4.13. The van der Waals surface area contributed by atoms with Crippen molar-refractivity contribution >= 4 is 17.8 Å². The Labute approximate surface area is 153 Å². The van der Waals surface area contributed by atoms with Gasteiger partial charge in [0.1, 0.15) is 6.20 Å². The lowest BCUT2D eigenvalue weighted by Gasteiger charge is -2.00. The molecule has 0 amide bonds. The van der Waals surface area contributed by atoms with Crippen LogP contribution in [0.15, 0.2) is 58.9 Å². The summed E-state index contributed by atoms with van der Waals surface area (Å²) in [5.74, 6) is 0.336. The number of nitrogens with one attached hydrogen (secondary N) is 1. The number of aromatic nitrogens is 2. The molecule has 1 aromatic carbocycles. The molecule has 3 N–H and O–H groups in total. The normalized spacial score (nSPS) is 12.2. The van der Waals surface area contributed by atoms with Crippen LogP contribution in [0.1, 0.15) is 24.5 Å². The number of hydrogen-bond acceptors (Lipinski definition) is 2. The fourth-order valence-corrected chi connectivity index (χ4v) is 2.77.